The van der Waals surface area contributed by atoms with E-state index in [-0.39, 0.29) is 0 Å². The Morgan fingerprint density at radius 1 is 1.38 bits per heavy atom. The summed E-state index contributed by atoms with van der Waals surface area (Å²) in [4.78, 5) is 0. The summed E-state index contributed by atoms with van der Waals surface area (Å²) in [6.45, 7) is 4.53. The van der Waals surface area contributed by atoms with Gasteiger partial charge in [0.15, 0.2) is 0 Å². The van der Waals surface area contributed by atoms with Crippen molar-refractivity contribution in [1.29, 1.82) is 0 Å². The molecule has 2 heterocycles. The maximum absolute atomic E-state index is 3.65. The predicted octanol–water partition coefficient (Wildman–Crippen LogP) is 3.10. The smallest absolute Gasteiger partial charge is 0.0404 e. The van der Waals surface area contributed by atoms with Gasteiger partial charge in [0.1, 0.15) is 0 Å². The van der Waals surface area contributed by atoms with Crippen molar-refractivity contribution in [3.8, 4) is 0 Å². The molecule has 3 rings (SSSR count). The molecule has 1 N–H and O–H groups in total. The van der Waals surface area contributed by atoms with E-state index in [0.29, 0.717) is 11.5 Å². The molecule has 88 valence electrons. The summed E-state index contributed by atoms with van der Waals surface area (Å²) in [5.74, 6) is 0. The zero-order valence-electron chi connectivity index (χ0n) is 10.2. The van der Waals surface area contributed by atoms with Crippen LogP contribution in [0, 0.1) is 5.41 Å². The molecule has 1 aliphatic carbocycles. The largest absolute Gasteiger partial charge is 0.354 e. The van der Waals surface area contributed by atoms with E-state index in [2.05, 4.69) is 35.3 Å². The lowest BCUT2D eigenvalue weighted by Gasteiger charge is -2.53. The highest BCUT2D eigenvalue weighted by atomic mass is 15.1. The van der Waals surface area contributed by atoms with Gasteiger partial charge in [0, 0.05) is 36.9 Å². The second-order valence-corrected chi connectivity index (χ2v) is 5.51. The number of rotatable bonds is 2. The van der Waals surface area contributed by atoms with E-state index in [1.807, 2.05) is 0 Å². The first-order chi connectivity index (χ1) is 7.84. The average molecular weight is 218 g/mol. The zero-order valence-corrected chi connectivity index (χ0v) is 10.2. The summed E-state index contributed by atoms with van der Waals surface area (Å²) >= 11 is 0. The highest BCUT2D eigenvalue weighted by Crippen LogP contribution is 2.51. The van der Waals surface area contributed by atoms with Crippen molar-refractivity contribution in [1.82, 2.24) is 9.88 Å². The van der Waals surface area contributed by atoms with Crippen molar-refractivity contribution >= 4 is 0 Å². The molecular formula is C14H22N2. The molecule has 0 unspecified atom stereocenters. The van der Waals surface area contributed by atoms with Gasteiger partial charge in [0.2, 0.25) is 0 Å². The van der Waals surface area contributed by atoms with Gasteiger partial charge < -0.3 is 9.88 Å². The van der Waals surface area contributed by atoms with Gasteiger partial charge in [0.25, 0.3) is 0 Å². The first-order valence-electron chi connectivity index (χ1n) is 6.73. The Bertz CT molecular complexity index is 361. The van der Waals surface area contributed by atoms with Gasteiger partial charge in [-0.25, -0.2) is 0 Å². The second kappa shape index (κ2) is 3.92. The molecule has 0 amide bonds. The summed E-state index contributed by atoms with van der Waals surface area (Å²) in [6.07, 6.45) is 11.7. The average Bonchev–Trinajstić information content (AvgIpc) is 2.77. The van der Waals surface area contributed by atoms with Crippen molar-refractivity contribution < 1.29 is 0 Å². The monoisotopic (exact) mass is 218 g/mol. The molecular weight excluding hydrogens is 196 g/mol. The molecule has 16 heavy (non-hydrogen) atoms. The van der Waals surface area contributed by atoms with Crippen LogP contribution in [0.2, 0.25) is 0 Å². The van der Waals surface area contributed by atoms with Gasteiger partial charge >= 0.3 is 0 Å². The second-order valence-electron chi connectivity index (χ2n) is 5.51. The van der Waals surface area contributed by atoms with E-state index in [0.717, 1.165) is 6.54 Å². The minimum atomic E-state index is 0.609. The molecule has 0 aromatic carbocycles. The number of hydrogen-bond acceptors (Lipinski definition) is 1. The van der Waals surface area contributed by atoms with Crippen molar-refractivity contribution in [2.75, 3.05) is 6.54 Å². The first-order valence-corrected chi connectivity index (χ1v) is 6.73. The maximum Gasteiger partial charge on any atom is 0.0404 e. The van der Waals surface area contributed by atoms with Crippen molar-refractivity contribution in [2.45, 2.75) is 51.6 Å². The summed E-state index contributed by atoms with van der Waals surface area (Å²) < 4.78 is 2.28. The molecule has 2 aliphatic rings. The molecule has 1 aromatic heterocycles. The molecule has 0 bridgehead atoms. The lowest BCUT2D eigenvalue weighted by molar-refractivity contribution is 0.0361. The van der Waals surface area contributed by atoms with Crippen LogP contribution >= 0.6 is 0 Å². The van der Waals surface area contributed by atoms with E-state index in [1.165, 1.54) is 44.2 Å². The van der Waals surface area contributed by atoms with Crippen LogP contribution < -0.4 is 5.32 Å². The van der Waals surface area contributed by atoms with Crippen molar-refractivity contribution in [3.05, 3.63) is 24.0 Å². The lowest BCUT2D eigenvalue weighted by atomic mass is 9.63. The van der Waals surface area contributed by atoms with E-state index < -0.39 is 0 Å². The van der Waals surface area contributed by atoms with E-state index in [1.54, 1.807) is 0 Å². The van der Waals surface area contributed by atoms with Crippen LogP contribution in [-0.4, -0.2) is 11.1 Å². The highest BCUT2D eigenvalue weighted by Gasteiger charge is 2.47. The standard InChI is InChI=1S/C14H22N2/c1-2-16-9-6-12(10-16)13-14(11-15-13)7-4-3-5-8-14/h6,9-10,13,15H,2-5,7-8,11H2,1H3/t13-/m0/s1. The van der Waals surface area contributed by atoms with E-state index >= 15 is 0 Å². The SMILES string of the molecule is CCn1ccc([C@@H]2NCC23CCCCC3)c1. The Balaban J connectivity index is 1.79. The van der Waals surface area contributed by atoms with Crippen LogP contribution in [0.1, 0.15) is 50.6 Å². The molecule has 1 spiro atoms. The zero-order chi connectivity index (χ0) is 11.0. The summed E-state index contributed by atoms with van der Waals surface area (Å²) in [7, 11) is 0. The molecule has 2 heteroatoms. The number of nitrogens with one attached hydrogen (secondary N) is 1. The molecule has 1 aromatic rings. The van der Waals surface area contributed by atoms with Gasteiger partial charge in [-0.3, -0.25) is 0 Å². The molecule has 2 nitrogen and oxygen atoms in total. The van der Waals surface area contributed by atoms with Gasteiger partial charge in [-0.1, -0.05) is 19.3 Å². The third-order valence-electron chi connectivity index (χ3n) is 4.59. The van der Waals surface area contributed by atoms with Gasteiger partial charge in [-0.15, -0.1) is 0 Å². The maximum atomic E-state index is 3.65. The van der Waals surface area contributed by atoms with Crippen LogP contribution in [0.3, 0.4) is 0 Å². The topological polar surface area (TPSA) is 17.0 Å². The summed E-state index contributed by atoms with van der Waals surface area (Å²) in [5, 5.41) is 3.65. The van der Waals surface area contributed by atoms with Crippen LogP contribution in [0.15, 0.2) is 18.5 Å². The van der Waals surface area contributed by atoms with E-state index in [4.69, 9.17) is 0 Å². The van der Waals surface area contributed by atoms with Gasteiger partial charge in [-0.05, 0) is 31.4 Å². The Hall–Kier alpha value is -0.760. The van der Waals surface area contributed by atoms with Crippen LogP contribution in [-0.2, 0) is 6.54 Å². The molecule has 1 atom stereocenters. The quantitative estimate of drug-likeness (QED) is 0.807. The predicted molar refractivity (Wildman–Crippen MR) is 66.4 cm³/mol. The molecule has 1 aliphatic heterocycles. The number of hydrogen-bond donors (Lipinski definition) is 1. The molecule has 1 saturated heterocycles. The van der Waals surface area contributed by atoms with Crippen molar-refractivity contribution in [3.63, 3.8) is 0 Å². The molecule has 0 radical (unpaired) electrons. The van der Waals surface area contributed by atoms with Gasteiger partial charge in [-0.2, -0.15) is 0 Å². The van der Waals surface area contributed by atoms with Crippen LogP contribution in [0.5, 0.6) is 0 Å². The molecule has 2 fully saturated rings. The minimum Gasteiger partial charge on any atom is -0.354 e. The van der Waals surface area contributed by atoms with Crippen molar-refractivity contribution in [2.24, 2.45) is 5.41 Å². The fraction of sp³-hybridized carbons (Fsp3) is 0.714. The fourth-order valence-electron chi connectivity index (χ4n) is 3.51. The third-order valence-corrected chi connectivity index (χ3v) is 4.59. The Morgan fingerprint density at radius 3 is 2.75 bits per heavy atom. The summed E-state index contributed by atoms with van der Waals surface area (Å²) in [5.41, 5.74) is 2.12. The third kappa shape index (κ3) is 1.51. The van der Waals surface area contributed by atoms with E-state index in [9.17, 15) is 0 Å². The lowest BCUT2D eigenvalue weighted by Crippen LogP contribution is -2.56. The fourth-order valence-corrected chi connectivity index (χ4v) is 3.51. The number of nitrogens with zero attached hydrogens (tertiary/aromatic N) is 1. The van der Waals surface area contributed by atoms with Crippen LogP contribution in [0.25, 0.3) is 0 Å². The normalized spacial score (nSPS) is 27.9. The Kier molecular flexibility index (Phi) is 2.55. The molecule has 1 saturated carbocycles. The number of aromatic nitrogens is 1. The summed E-state index contributed by atoms with van der Waals surface area (Å²) in [6, 6.07) is 2.94. The highest BCUT2D eigenvalue weighted by molar-refractivity contribution is 5.23. The number of aryl methyl sites for hydroxylation is 1. The first kappa shape index (κ1) is 10.4. The van der Waals surface area contributed by atoms with Crippen LogP contribution in [0.4, 0.5) is 0 Å². The Morgan fingerprint density at radius 2 is 2.19 bits per heavy atom. The van der Waals surface area contributed by atoms with Gasteiger partial charge in [0.05, 0.1) is 0 Å². The Labute approximate surface area is 98.0 Å². The minimum absolute atomic E-state index is 0.609.